The van der Waals surface area contributed by atoms with E-state index < -0.39 is 36.4 Å². The second-order valence-corrected chi connectivity index (χ2v) is 6.03. The van der Waals surface area contributed by atoms with Gasteiger partial charge in [0.2, 0.25) is 12.7 Å². The predicted molar refractivity (Wildman–Crippen MR) is 71.8 cm³/mol. The molecule has 0 spiro atoms. The molecule has 0 bridgehead atoms. The van der Waals surface area contributed by atoms with Gasteiger partial charge in [0.05, 0.1) is 18.4 Å². The lowest BCUT2D eigenvalue weighted by molar-refractivity contribution is -0.179. The first-order valence-corrected chi connectivity index (χ1v) is 6.88. The van der Waals surface area contributed by atoms with Gasteiger partial charge < -0.3 is 19.3 Å². The van der Waals surface area contributed by atoms with E-state index in [0.29, 0.717) is 0 Å². The average molecular weight is 313 g/mol. The maximum Gasteiger partial charge on any atom is 0.339 e. The van der Waals surface area contributed by atoms with Crippen molar-refractivity contribution in [2.24, 2.45) is 5.41 Å². The SMILES string of the molecule is CC(C)(C)C(=O)OCOC(=O)[C@H]1/C(=C/CO)O[C@@H]2CC(=O)N21. The molecule has 2 aliphatic heterocycles. The molecule has 2 heterocycles. The molecule has 0 radical (unpaired) electrons. The van der Waals surface area contributed by atoms with Crippen molar-refractivity contribution >= 4 is 17.8 Å². The maximum absolute atomic E-state index is 12.1. The zero-order valence-corrected chi connectivity index (χ0v) is 12.7. The minimum Gasteiger partial charge on any atom is -0.472 e. The summed E-state index contributed by atoms with van der Waals surface area (Å²) in [6.45, 7) is 4.16. The van der Waals surface area contributed by atoms with Crippen LogP contribution in [0.5, 0.6) is 0 Å². The van der Waals surface area contributed by atoms with Gasteiger partial charge in [-0.1, -0.05) is 0 Å². The molecule has 0 saturated carbocycles. The van der Waals surface area contributed by atoms with Crippen molar-refractivity contribution in [3.63, 3.8) is 0 Å². The Bertz CT molecular complexity index is 520. The molecule has 1 amide bonds. The number of hydrogen-bond acceptors (Lipinski definition) is 7. The first-order chi connectivity index (χ1) is 10.3. The molecule has 2 aliphatic rings. The Morgan fingerprint density at radius 1 is 1.41 bits per heavy atom. The van der Waals surface area contributed by atoms with Crippen molar-refractivity contribution in [1.82, 2.24) is 4.90 Å². The molecular formula is C14H19NO7. The number of nitrogens with zero attached hydrogens (tertiary/aromatic N) is 1. The van der Waals surface area contributed by atoms with Gasteiger partial charge >= 0.3 is 11.9 Å². The fraction of sp³-hybridized carbons (Fsp3) is 0.643. The van der Waals surface area contributed by atoms with Crippen LogP contribution in [-0.2, 0) is 28.6 Å². The smallest absolute Gasteiger partial charge is 0.339 e. The second-order valence-electron chi connectivity index (χ2n) is 6.03. The molecule has 0 aromatic carbocycles. The van der Waals surface area contributed by atoms with E-state index >= 15 is 0 Å². The first kappa shape index (κ1) is 16.3. The summed E-state index contributed by atoms with van der Waals surface area (Å²) in [4.78, 5) is 36.5. The van der Waals surface area contributed by atoms with Gasteiger partial charge in [0, 0.05) is 0 Å². The summed E-state index contributed by atoms with van der Waals surface area (Å²) in [6.07, 6.45) is 0.990. The Hall–Kier alpha value is -2.09. The molecule has 0 aromatic heterocycles. The monoisotopic (exact) mass is 313 g/mol. The Kier molecular flexibility index (Phi) is 4.41. The second kappa shape index (κ2) is 5.96. The van der Waals surface area contributed by atoms with Gasteiger partial charge in [-0.15, -0.1) is 0 Å². The third kappa shape index (κ3) is 3.06. The first-order valence-electron chi connectivity index (χ1n) is 6.88. The average Bonchev–Trinajstić information content (AvgIpc) is 2.70. The zero-order chi connectivity index (χ0) is 16.5. The van der Waals surface area contributed by atoms with Crippen molar-refractivity contribution in [2.45, 2.75) is 39.5 Å². The number of ether oxygens (including phenoxy) is 3. The molecule has 2 rings (SSSR count). The van der Waals surface area contributed by atoms with E-state index in [1.165, 1.54) is 11.0 Å². The third-order valence-electron chi connectivity index (χ3n) is 3.29. The minimum absolute atomic E-state index is 0.172. The lowest BCUT2D eigenvalue weighted by atomic mass is 9.98. The largest absolute Gasteiger partial charge is 0.472 e. The van der Waals surface area contributed by atoms with E-state index in [0.717, 1.165) is 0 Å². The molecule has 8 heteroatoms. The van der Waals surface area contributed by atoms with E-state index in [1.54, 1.807) is 20.8 Å². The summed E-state index contributed by atoms with van der Waals surface area (Å²) >= 11 is 0. The van der Waals surface area contributed by atoms with Crippen molar-refractivity contribution < 1.29 is 33.7 Å². The van der Waals surface area contributed by atoms with Gasteiger partial charge in [-0.3, -0.25) is 14.5 Å². The van der Waals surface area contributed by atoms with Crippen LogP contribution in [0, 0.1) is 5.41 Å². The van der Waals surface area contributed by atoms with E-state index in [9.17, 15) is 14.4 Å². The minimum atomic E-state index is -1.04. The standard InChI is InChI=1S/C14H19NO7/c1-14(2,3)13(19)21-7-20-12(18)11-8(4-5-16)22-10-6-9(17)15(10)11/h4,10-11,16H,5-7H2,1-3H3/b8-4-/t10-,11-/m1/s1. The van der Waals surface area contributed by atoms with Gasteiger partial charge in [-0.05, 0) is 26.8 Å². The fourth-order valence-electron chi connectivity index (χ4n) is 2.08. The van der Waals surface area contributed by atoms with E-state index in [4.69, 9.17) is 19.3 Å². The highest BCUT2D eigenvalue weighted by molar-refractivity contribution is 5.91. The van der Waals surface area contributed by atoms with Gasteiger partial charge in [0.25, 0.3) is 0 Å². The number of aliphatic hydroxyl groups excluding tert-OH is 1. The summed E-state index contributed by atoms with van der Waals surface area (Å²) in [5, 5.41) is 8.94. The molecule has 2 fully saturated rings. The lowest BCUT2D eigenvalue weighted by Crippen LogP contribution is -2.55. The summed E-state index contributed by atoms with van der Waals surface area (Å²) in [5.74, 6) is -1.34. The van der Waals surface area contributed by atoms with Crippen LogP contribution in [0.15, 0.2) is 11.8 Å². The Morgan fingerprint density at radius 2 is 2.09 bits per heavy atom. The fourth-order valence-corrected chi connectivity index (χ4v) is 2.08. The molecule has 1 N–H and O–H groups in total. The van der Waals surface area contributed by atoms with E-state index in [1.807, 2.05) is 0 Å². The van der Waals surface area contributed by atoms with Crippen LogP contribution in [0.2, 0.25) is 0 Å². The summed E-state index contributed by atoms with van der Waals surface area (Å²) in [5.41, 5.74) is -0.705. The number of hydrogen-bond donors (Lipinski definition) is 1. The highest BCUT2D eigenvalue weighted by Gasteiger charge is 2.54. The number of carbonyl (C=O) groups excluding carboxylic acids is 3. The lowest BCUT2D eigenvalue weighted by Gasteiger charge is -2.33. The molecule has 8 nitrogen and oxygen atoms in total. The number of fused-ring (bicyclic) bond motifs is 1. The van der Waals surface area contributed by atoms with Crippen molar-refractivity contribution in [3.05, 3.63) is 11.8 Å². The Labute approximate surface area is 127 Å². The van der Waals surface area contributed by atoms with Crippen LogP contribution >= 0.6 is 0 Å². The summed E-state index contributed by atoms with van der Waals surface area (Å²) in [6, 6.07) is -1.04. The molecular weight excluding hydrogens is 294 g/mol. The van der Waals surface area contributed by atoms with Gasteiger partial charge in [0.15, 0.2) is 12.3 Å². The van der Waals surface area contributed by atoms with E-state index in [-0.39, 0.29) is 24.7 Å². The number of β-lactam (4-membered cyclic amide) rings is 1. The van der Waals surface area contributed by atoms with Crippen molar-refractivity contribution in [2.75, 3.05) is 13.4 Å². The number of carbonyl (C=O) groups is 3. The van der Waals surface area contributed by atoms with Crippen LogP contribution in [0.25, 0.3) is 0 Å². The van der Waals surface area contributed by atoms with Crippen LogP contribution in [0.4, 0.5) is 0 Å². The van der Waals surface area contributed by atoms with Gasteiger partial charge in [-0.2, -0.15) is 0 Å². The normalized spacial score (nSPS) is 25.4. The molecule has 0 aromatic rings. The molecule has 22 heavy (non-hydrogen) atoms. The number of aliphatic hydroxyl groups is 1. The number of esters is 2. The van der Waals surface area contributed by atoms with E-state index in [2.05, 4.69) is 0 Å². The number of rotatable bonds is 4. The predicted octanol–water partition coefficient (Wildman–Crippen LogP) is -0.0902. The molecule has 0 unspecified atom stereocenters. The Balaban J connectivity index is 1.94. The van der Waals surface area contributed by atoms with Crippen molar-refractivity contribution in [1.29, 1.82) is 0 Å². The molecule has 122 valence electrons. The van der Waals surface area contributed by atoms with Gasteiger partial charge in [0.1, 0.15) is 5.76 Å². The summed E-state index contributed by atoms with van der Waals surface area (Å²) < 4.78 is 15.1. The highest BCUT2D eigenvalue weighted by Crippen LogP contribution is 2.36. The van der Waals surface area contributed by atoms with Crippen LogP contribution in [0.1, 0.15) is 27.2 Å². The third-order valence-corrected chi connectivity index (χ3v) is 3.29. The molecule has 0 aliphatic carbocycles. The van der Waals surface area contributed by atoms with Gasteiger partial charge in [-0.25, -0.2) is 4.79 Å². The van der Waals surface area contributed by atoms with Crippen LogP contribution in [-0.4, -0.2) is 53.5 Å². The molecule has 2 saturated heterocycles. The number of amides is 1. The highest BCUT2D eigenvalue weighted by atomic mass is 16.7. The van der Waals surface area contributed by atoms with Crippen molar-refractivity contribution in [3.8, 4) is 0 Å². The Morgan fingerprint density at radius 3 is 2.64 bits per heavy atom. The topological polar surface area (TPSA) is 102 Å². The van der Waals surface area contributed by atoms with Crippen LogP contribution < -0.4 is 0 Å². The maximum atomic E-state index is 12.1. The summed E-state index contributed by atoms with van der Waals surface area (Å²) in [7, 11) is 0. The molecule has 2 atom stereocenters. The van der Waals surface area contributed by atoms with Crippen LogP contribution in [0.3, 0.4) is 0 Å². The quantitative estimate of drug-likeness (QED) is 0.439. The zero-order valence-electron chi connectivity index (χ0n) is 12.7.